The molecule has 6 nitrogen and oxygen atoms in total. The van der Waals surface area contributed by atoms with Crippen molar-refractivity contribution in [2.24, 2.45) is 0 Å². The van der Waals surface area contributed by atoms with Crippen molar-refractivity contribution in [3.63, 3.8) is 0 Å². The molecule has 0 radical (unpaired) electrons. The molecule has 12 heteroatoms. The minimum atomic E-state index is -4.97. The Hall–Kier alpha value is -2.92. The van der Waals surface area contributed by atoms with Crippen LogP contribution < -0.4 is 0 Å². The number of rotatable bonds is 4. The van der Waals surface area contributed by atoms with Crippen LogP contribution in [0.4, 0.5) is 17.6 Å². The number of benzene rings is 2. The Labute approximate surface area is 190 Å². The lowest BCUT2D eigenvalue weighted by atomic mass is 9.92. The highest BCUT2D eigenvalue weighted by Gasteiger charge is 2.44. The SMILES string of the molecule is O=C(O)c1ccc(-c2n[nH]c3c2C(S(=O)(=O)c2c(Cl)cccc2C(F)(F)F)CCC3)c(F)c1. The molecule has 2 N–H and O–H groups in total. The molecule has 0 amide bonds. The topological polar surface area (TPSA) is 100 Å². The number of halogens is 5. The van der Waals surface area contributed by atoms with Crippen LogP contribution in [0.1, 0.15) is 45.3 Å². The summed E-state index contributed by atoms with van der Waals surface area (Å²) in [4.78, 5) is 10.1. The highest BCUT2D eigenvalue weighted by atomic mass is 35.5. The van der Waals surface area contributed by atoms with E-state index in [0.29, 0.717) is 24.6 Å². The van der Waals surface area contributed by atoms with E-state index >= 15 is 0 Å². The molecule has 1 atom stereocenters. The summed E-state index contributed by atoms with van der Waals surface area (Å²) in [5, 5.41) is 13.7. The van der Waals surface area contributed by atoms with Crippen molar-refractivity contribution in [1.82, 2.24) is 10.2 Å². The van der Waals surface area contributed by atoms with Crippen LogP contribution in [-0.2, 0) is 22.4 Å². The lowest BCUT2D eigenvalue weighted by molar-refractivity contribution is -0.139. The maximum absolute atomic E-state index is 14.7. The molecule has 1 heterocycles. The first kappa shape index (κ1) is 23.2. The van der Waals surface area contributed by atoms with Gasteiger partial charge in [-0.15, -0.1) is 0 Å². The number of carboxylic acids is 1. The number of carboxylic acid groups (broad SMARTS) is 1. The molecule has 1 aliphatic carbocycles. The average molecular weight is 503 g/mol. The summed E-state index contributed by atoms with van der Waals surface area (Å²) in [6.07, 6.45) is -4.30. The Morgan fingerprint density at radius 2 is 1.94 bits per heavy atom. The molecular formula is C21H15ClF4N2O4S. The van der Waals surface area contributed by atoms with Crippen molar-refractivity contribution < 1.29 is 35.9 Å². The van der Waals surface area contributed by atoms with Gasteiger partial charge in [-0.3, -0.25) is 5.10 Å². The maximum Gasteiger partial charge on any atom is 0.417 e. The number of aromatic nitrogens is 2. The third-order valence-corrected chi connectivity index (χ3v) is 8.16. The number of aromatic amines is 1. The van der Waals surface area contributed by atoms with Gasteiger partial charge >= 0.3 is 12.1 Å². The van der Waals surface area contributed by atoms with Crippen molar-refractivity contribution in [1.29, 1.82) is 0 Å². The van der Waals surface area contributed by atoms with Crippen LogP contribution in [-0.4, -0.2) is 29.7 Å². The molecule has 3 aromatic rings. The van der Waals surface area contributed by atoms with E-state index in [1.807, 2.05) is 0 Å². The van der Waals surface area contributed by atoms with Gasteiger partial charge in [-0.25, -0.2) is 17.6 Å². The van der Waals surface area contributed by atoms with Crippen LogP contribution in [0.25, 0.3) is 11.3 Å². The first-order valence-corrected chi connectivity index (χ1v) is 11.5. The summed E-state index contributed by atoms with van der Waals surface area (Å²) < 4.78 is 82.7. The minimum Gasteiger partial charge on any atom is -0.478 e. The molecule has 2 aromatic carbocycles. The molecule has 0 saturated carbocycles. The highest BCUT2D eigenvalue weighted by Crippen LogP contribution is 2.47. The van der Waals surface area contributed by atoms with Gasteiger partial charge in [-0.1, -0.05) is 17.7 Å². The normalized spacial score (nSPS) is 16.5. The Morgan fingerprint density at radius 3 is 2.58 bits per heavy atom. The largest absolute Gasteiger partial charge is 0.478 e. The van der Waals surface area contributed by atoms with E-state index in [-0.39, 0.29) is 28.8 Å². The molecular weight excluding hydrogens is 488 g/mol. The number of alkyl halides is 3. The van der Waals surface area contributed by atoms with Crippen LogP contribution in [0.2, 0.25) is 5.02 Å². The second-order valence-electron chi connectivity index (χ2n) is 7.50. The van der Waals surface area contributed by atoms with E-state index in [1.54, 1.807) is 0 Å². The third kappa shape index (κ3) is 3.99. The molecule has 0 bridgehead atoms. The number of aromatic carboxylic acids is 1. The summed E-state index contributed by atoms with van der Waals surface area (Å²) in [5.74, 6) is -2.32. The van der Waals surface area contributed by atoms with Gasteiger partial charge in [-0.2, -0.15) is 18.3 Å². The van der Waals surface area contributed by atoms with Gasteiger partial charge < -0.3 is 5.11 Å². The molecule has 1 unspecified atom stereocenters. The molecule has 1 aliphatic rings. The third-order valence-electron chi connectivity index (χ3n) is 5.50. The van der Waals surface area contributed by atoms with Gasteiger partial charge in [0.05, 0.1) is 32.0 Å². The summed E-state index contributed by atoms with van der Waals surface area (Å²) in [5.41, 5.74) is -1.58. The van der Waals surface area contributed by atoms with Gasteiger partial charge in [0.25, 0.3) is 0 Å². The fraction of sp³-hybridized carbons (Fsp3) is 0.238. The predicted octanol–water partition coefficient (Wildman–Crippen LogP) is 5.44. The van der Waals surface area contributed by atoms with Crippen LogP contribution in [0.3, 0.4) is 0 Å². The predicted molar refractivity (Wildman–Crippen MR) is 110 cm³/mol. The van der Waals surface area contributed by atoms with E-state index < -0.39 is 48.5 Å². The number of H-pyrrole nitrogens is 1. The zero-order chi connectivity index (χ0) is 24.1. The van der Waals surface area contributed by atoms with E-state index in [4.69, 9.17) is 16.7 Å². The monoisotopic (exact) mass is 502 g/mol. The van der Waals surface area contributed by atoms with E-state index in [0.717, 1.165) is 30.3 Å². The highest BCUT2D eigenvalue weighted by molar-refractivity contribution is 7.91. The first-order chi connectivity index (χ1) is 15.4. The number of nitrogens with zero attached hydrogens (tertiary/aromatic N) is 1. The van der Waals surface area contributed by atoms with Crippen molar-refractivity contribution >= 4 is 27.4 Å². The van der Waals surface area contributed by atoms with Gasteiger partial charge in [0.15, 0.2) is 9.84 Å². The van der Waals surface area contributed by atoms with Crippen LogP contribution in [0.5, 0.6) is 0 Å². The van der Waals surface area contributed by atoms with Crippen LogP contribution in [0, 0.1) is 5.82 Å². The van der Waals surface area contributed by atoms with Gasteiger partial charge in [0.1, 0.15) is 5.82 Å². The fourth-order valence-electron chi connectivity index (χ4n) is 4.05. The van der Waals surface area contributed by atoms with Crippen LogP contribution >= 0.6 is 11.6 Å². The Bertz CT molecular complexity index is 1370. The number of carbonyl (C=O) groups is 1. The quantitative estimate of drug-likeness (QED) is 0.463. The van der Waals surface area contributed by atoms with Crippen molar-refractivity contribution in [3.05, 3.63) is 69.6 Å². The molecule has 0 aliphatic heterocycles. The van der Waals surface area contributed by atoms with Crippen LogP contribution in [0.15, 0.2) is 41.3 Å². The number of sulfone groups is 1. The van der Waals surface area contributed by atoms with Gasteiger partial charge in [0, 0.05) is 16.8 Å². The molecule has 1 aromatic heterocycles. The lowest BCUT2D eigenvalue weighted by Crippen LogP contribution is -2.22. The first-order valence-electron chi connectivity index (χ1n) is 9.63. The Kier molecular flexibility index (Phi) is 5.73. The maximum atomic E-state index is 14.7. The van der Waals surface area contributed by atoms with Crippen molar-refractivity contribution in [2.75, 3.05) is 0 Å². The van der Waals surface area contributed by atoms with E-state index in [2.05, 4.69) is 10.2 Å². The summed E-state index contributed by atoms with van der Waals surface area (Å²) in [6, 6.07) is 5.76. The molecule has 0 spiro atoms. The average Bonchev–Trinajstić information content (AvgIpc) is 3.16. The zero-order valence-corrected chi connectivity index (χ0v) is 18.2. The van der Waals surface area contributed by atoms with Gasteiger partial charge in [0.2, 0.25) is 0 Å². The number of hydrogen-bond donors (Lipinski definition) is 2. The second kappa shape index (κ2) is 8.14. The zero-order valence-electron chi connectivity index (χ0n) is 16.6. The van der Waals surface area contributed by atoms with E-state index in [1.165, 1.54) is 0 Å². The van der Waals surface area contributed by atoms with E-state index in [9.17, 15) is 30.8 Å². The number of nitrogens with one attached hydrogen (secondary N) is 1. The molecule has 4 rings (SSSR count). The Balaban J connectivity index is 1.91. The molecule has 0 saturated heterocycles. The lowest BCUT2D eigenvalue weighted by Gasteiger charge is -2.25. The number of hydrogen-bond acceptors (Lipinski definition) is 4. The van der Waals surface area contributed by atoms with Gasteiger partial charge in [-0.05, 0) is 49.6 Å². The second-order valence-corrected chi connectivity index (χ2v) is 9.98. The molecule has 0 fully saturated rings. The number of fused-ring (bicyclic) bond motifs is 1. The molecule has 33 heavy (non-hydrogen) atoms. The number of aryl methyl sites for hydroxylation is 1. The molecule has 174 valence electrons. The van der Waals surface area contributed by atoms with Crippen molar-refractivity contribution in [3.8, 4) is 11.3 Å². The fourth-order valence-corrected chi connectivity index (χ4v) is 6.70. The van der Waals surface area contributed by atoms with Crippen molar-refractivity contribution in [2.45, 2.75) is 35.6 Å². The summed E-state index contributed by atoms with van der Waals surface area (Å²) in [7, 11) is -4.68. The standard InChI is InChI=1S/C21H15ClF4N2O4S/c22-13-4-1-3-12(21(24,25)26)19(13)33(31,32)16-6-2-5-15-17(16)18(28-27-15)11-8-7-10(20(29)30)9-14(11)23/h1,3-4,7-9,16H,2,5-6H2,(H,27,28)(H,29,30). The summed E-state index contributed by atoms with van der Waals surface area (Å²) in [6.45, 7) is 0. The Morgan fingerprint density at radius 1 is 1.21 bits per heavy atom. The minimum absolute atomic E-state index is 0.0286. The summed E-state index contributed by atoms with van der Waals surface area (Å²) >= 11 is 5.95. The smallest absolute Gasteiger partial charge is 0.417 e.